The molecule has 0 aliphatic carbocycles. The Labute approximate surface area is 155 Å². The van der Waals surface area contributed by atoms with Gasteiger partial charge in [0.25, 0.3) is 0 Å². The second-order valence-electron chi connectivity index (χ2n) is 5.72. The Kier molecular flexibility index (Phi) is 5.82. The fourth-order valence-electron chi connectivity index (χ4n) is 2.61. The van der Waals surface area contributed by atoms with E-state index in [1.54, 1.807) is 0 Å². The number of hydrogen-bond donors (Lipinski definition) is 1. The lowest BCUT2D eigenvalue weighted by atomic mass is 10.2. The molecule has 0 saturated heterocycles. The molecular formula is C15H14F4N4O5. The number of benzene rings is 1. The topological polar surface area (TPSA) is 101 Å². The van der Waals surface area contributed by atoms with E-state index < -0.39 is 29.6 Å². The molecule has 1 aliphatic heterocycles. The molecule has 0 amide bonds. The lowest BCUT2D eigenvalue weighted by Crippen LogP contribution is -2.41. The number of aromatic nitrogens is 2. The van der Waals surface area contributed by atoms with Crippen LogP contribution in [-0.2, 0) is 13.1 Å². The van der Waals surface area contributed by atoms with Gasteiger partial charge in [0.1, 0.15) is 12.8 Å². The molecule has 0 unspecified atom stereocenters. The highest BCUT2D eigenvalue weighted by atomic mass is 19.3. The number of alkyl halides is 4. The first-order valence-electron chi connectivity index (χ1n) is 7.92. The number of fused-ring (bicyclic) bond motifs is 1. The summed E-state index contributed by atoms with van der Waals surface area (Å²) in [4.78, 5) is 13.8. The minimum Gasteiger partial charge on any atom is -0.444 e. The Hall–Kier alpha value is -3.09. The lowest BCUT2D eigenvalue weighted by molar-refractivity contribution is -0.389. The molecule has 1 atom stereocenters. The maximum atomic E-state index is 12.5. The number of hydrogen-bond acceptors (Lipinski definition) is 7. The van der Waals surface area contributed by atoms with Gasteiger partial charge in [0, 0.05) is 18.1 Å². The van der Waals surface area contributed by atoms with E-state index in [0.29, 0.717) is 12.1 Å². The largest absolute Gasteiger partial charge is 0.444 e. The van der Waals surface area contributed by atoms with Crippen molar-refractivity contribution in [1.29, 1.82) is 0 Å². The van der Waals surface area contributed by atoms with Gasteiger partial charge in [-0.05, 0) is 22.6 Å². The Balaban J connectivity index is 1.64. The SMILES string of the molecule is O=[N+]([O-])c1cn2c(n1)OC[C@@H](NCc1ccc(OC(F)F)c(OC(F)F)c1)C2. The van der Waals surface area contributed by atoms with Crippen LogP contribution in [0.3, 0.4) is 0 Å². The van der Waals surface area contributed by atoms with Crippen LogP contribution in [0.25, 0.3) is 0 Å². The third-order valence-corrected chi connectivity index (χ3v) is 3.78. The fourth-order valence-corrected chi connectivity index (χ4v) is 2.61. The summed E-state index contributed by atoms with van der Waals surface area (Å²) in [6, 6.07) is 3.56. The summed E-state index contributed by atoms with van der Waals surface area (Å²) in [5.74, 6) is -1.35. The van der Waals surface area contributed by atoms with E-state index in [4.69, 9.17) is 4.74 Å². The van der Waals surface area contributed by atoms with Crippen LogP contribution >= 0.6 is 0 Å². The van der Waals surface area contributed by atoms with Gasteiger partial charge in [-0.25, -0.2) is 0 Å². The second kappa shape index (κ2) is 8.29. The second-order valence-corrected chi connectivity index (χ2v) is 5.72. The molecule has 2 aromatic rings. The van der Waals surface area contributed by atoms with Crippen molar-refractivity contribution in [2.75, 3.05) is 6.61 Å². The van der Waals surface area contributed by atoms with E-state index in [9.17, 15) is 27.7 Å². The van der Waals surface area contributed by atoms with Gasteiger partial charge >= 0.3 is 25.1 Å². The average molecular weight is 406 g/mol. The monoisotopic (exact) mass is 406 g/mol. The number of halogens is 4. The molecule has 9 nitrogen and oxygen atoms in total. The molecular weight excluding hydrogens is 392 g/mol. The van der Waals surface area contributed by atoms with Crippen molar-refractivity contribution >= 4 is 5.82 Å². The summed E-state index contributed by atoms with van der Waals surface area (Å²) in [5.41, 5.74) is 0.472. The van der Waals surface area contributed by atoms with Crippen molar-refractivity contribution in [2.45, 2.75) is 32.4 Å². The zero-order valence-electron chi connectivity index (χ0n) is 14.1. The number of rotatable bonds is 8. The van der Waals surface area contributed by atoms with Crippen molar-refractivity contribution in [2.24, 2.45) is 0 Å². The van der Waals surface area contributed by atoms with Gasteiger partial charge < -0.3 is 29.6 Å². The predicted octanol–water partition coefficient (Wildman–Crippen LogP) is 2.54. The molecule has 0 fully saturated rings. The van der Waals surface area contributed by atoms with Gasteiger partial charge in [0.15, 0.2) is 11.5 Å². The van der Waals surface area contributed by atoms with Crippen molar-refractivity contribution in [1.82, 2.24) is 14.9 Å². The quantitative estimate of drug-likeness (QED) is 0.408. The maximum Gasteiger partial charge on any atom is 0.414 e. The van der Waals surface area contributed by atoms with Crippen molar-refractivity contribution < 1.29 is 36.7 Å². The highest BCUT2D eigenvalue weighted by molar-refractivity contribution is 5.43. The molecule has 3 rings (SSSR count). The Morgan fingerprint density at radius 1 is 1.29 bits per heavy atom. The number of imidazole rings is 1. The first kappa shape index (κ1) is 19.7. The zero-order valence-corrected chi connectivity index (χ0v) is 14.1. The van der Waals surface area contributed by atoms with E-state index in [-0.39, 0.29) is 31.0 Å². The normalized spacial score (nSPS) is 16.0. The zero-order chi connectivity index (χ0) is 20.3. The standard InChI is InChI=1S/C15H14F4N4O5/c16-13(17)27-10-2-1-8(3-11(10)28-14(18)19)4-20-9-5-22-6-12(23(24)25)21-15(22)26-7-9/h1-3,6,9,13-14,20H,4-5,7H2/t9-/m0/s1. The minimum atomic E-state index is -3.20. The van der Waals surface area contributed by atoms with Gasteiger partial charge in [-0.15, -0.1) is 0 Å². The van der Waals surface area contributed by atoms with Crippen LogP contribution in [0, 0.1) is 10.1 Å². The van der Waals surface area contributed by atoms with E-state index >= 15 is 0 Å². The Bertz CT molecular complexity index is 848. The van der Waals surface area contributed by atoms with Crippen LogP contribution in [0.2, 0.25) is 0 Å². The molecule has 2 heterocycles. The van der Waals surface area contributed by atoms with E-state index in [0.717, 1.165) is 12.1 Å². The smallest absolute Gasteiger partial charge is 0.414 e. The van der Waals surface area contributed by atoms with Gasteiger partial charge in [0.05, 0.1) is 6.04 Å². The van der Waals surface area contributed by atoms with Crippen LogP contribution in [0.15, 0.2) is 24.4 Å². The number of nitrogens with one attached hydrogen (secondary N) is 1. The average Bonchev–Trinajstić information content (AvgIpc) is 3.04. The molecule has 1 aliphatic rings. The van der Waals surface area contributed by atoms with Crippen LogP contribution < -0.4 is 19.5 Å². The molecule has 152 valence electrons. The van der Waals surface area contributed by atoms with Gasteiger partial charge in [-0.2, -0.15) is 17.6 Å². The van der Waals surface area contributed by atoms with Gasteiger partial charge in [-0.3, -0.25) is 4.57 Å². The summed E-state index contributed by atoms with van der Waals surface area (Å²) in [5, 5.41) is 13.8. The molecule has 1 aromatic carbocycles. The van der Waals surface area contributed by atoms with Crippen LogP contribution in [0.5, 0.6) is 17.5 Å². The fraction of sp³-hybridized carbons (Fsp3) is 0.400. The van der Waals surface area contributed by atoms with E-state index in [2.05, 4.69) is 19.8 Å². The van der Waals surface area contributed by atoms with Crippen LogP contribution in [0.1, 0.15) is 5.56 Å². The van der Waals surface area contributed by atoms with E-state index in [1.165, 1.54) is 16.8 Å². The molecule has 0 bridgehead atoms. The highest BCUT2D eigenvalue weighted by Crippen LogP contribution is 2.31. The summed E-state index contributed by atoms with van der Waals surface area (Å²) < 4.78 is 64.9. The van der Waals surface area contributed by atoms with Gasteiger partial charge in [0.2, 0.25) is 0 Å². The third kappa shape index (κ3) is 4.79. The Morgan fingerprint density at radius 3 is 2.68 bits per heavy atom. The molecule has 0 radical (unpaired) electrons. The van der Waals surface area contributed by atoms with E-state index in [1.807, 2.05) is 0 Å². The minimum absolute atomic E-state index is 0.130. The van der Waals surface area contributed by atoms with Crippen LogP contribution in [0.4, 0.5) is 23.4 Å². The molecule has 0 spiro atoms. The lowest BCUT2D eigenvalue weighted by Gasteiger charge is -2.23. The summed E-state index contributed by atoms with van der Waals surface area (Å²) >= 11 is 0. The molecule has 1 N–H and O–H groups in total. The Morgan fingerprint density at radius 2 is 2.00 bits per heavy atom. The summed E-state index contributed by atoms with van der Waals surface area (Å²) in [6.45, 7) is -5.69. The highest BCUT2D eigenvalue weighted by Gasteiger charge is 2.27. The van der Waals surface area contributed by atoms with Crippen LogP contribution in [-0.4, -0.2) is 40.3 Å². The van der Waals surface area contributed by atoms with Crippen molar-refractivity contribution in [3.63, 3.8) is 0 Å². The molecule has 0 saturated carbocycles. The summed E-state index contributed by atoms with van der Waals surface area (Å²) in [7, 11) is 0. The number of nitro groups is 1. The van der Waals surface area contributed by atoms with Gasteiger partial charge in [-0.1, -0.05) is 6.07 Å². The number of ether oxygens (including phenoxy) is 3. The number of nitrogens with zero attached hydrogens (tertiary/aromatic N) is 3. The predicted molar refractivity (Wildman–Crippen MR) is 84.7 cm³/mol. The van der Waals surface area contributed by atoms with Crippen molar-refractivity contribution in [3.05, 3.63) is 40.1 Å². The first-order chi connectivity index (χ1) is 13.3. The third-order valence-electron chi connectivity index (χ3n) is 3.78. The molecule has 1 aromatic heterocycles. The maximum absolute atomic E-state index is 12.5. The first-order valence-corrected chi connectivity index (χ1v) is 7.92. The summed E-state index contributed by atoms with van der Waals surface area (Å²) in [6.07, 6.45) is 1.24. The molecule has 28 heavy (non-hydrogen) atoms. The van der Waals surface area contributed by atoms with Crippen molar-refractivity contribution in [3.8, 4) is 17.5 Å². The molecule has 13 heteroatoms.